The van der Waals surface area contributed by atoms with E-state index in [1.165, 1.54) is 13.3 Å². The Kier molecular flexibility index (Phi) is 3.70. The van der Waals surface area contributed by atoms with E-state index in [4.69, 9.17) is 10.00 Å². The predicted molar refractivity (Wildman–Crippen MR) is 69.6 cm³/mol. The van der Waals surface area contributed by atoms with Crippen LogP contribution in [0.5, 0.6) is 5.75 Å². The predicted octanol–water partition coefficient (Wildman–Crippen LogP) is 1.86. The van der Waals surface area contributed by atoms with Gasteiger partial charge in [0.05, 0.1) is 30.4 Å². The SMILES string of the molecule is COc1cnccc1C(=O)N1CCC(C)(C#N)CC1. The van der Waals surface area contributed by atoms with Gasteiger partial charge in [0.1, 0.15) is 5.75 Å². The first-order valence-corrected chi connectivity index (χ1v) is 6.28. The monoisotopic (exact) mass is 259 g/mol. The summed E-state index contributed by atoms with van der Waals surface area (Å²) >= 11 is 0. The number of pyridine rings is 1. The van der Waals surface area contributed by atoms with Crippen LogP contribution in [0.1, 0.15) is 30.1 Å². The van der Waals surface area contributed by atoms with Crippen molar-refractivity contribution in [3.05, 3.63) is 24.0 Å². The summed E-state index contributed by atoms with van der Waals surface area (Å²) in [6, 6.07) is 4.00. The third-order valence-electron chi connectivity index (χ3n) is 3.66. The van der Waals surface area contributed by atoms with Crippen LogP contribution in [0.15, 0.2) is 18.5 Å². The third kappa shape index (κ3) is 2.68. The highest BCUT2D eigenvalue weighted by molar-refractivity contribution is 5.96. The van der Waals surface area contributed by atoms with Crippen LogP contribution in [0.25, 0.3) is 0 Å². The van der Waals surface area contributed by atoms with Gasteiger partial charge in [0.25, 0.3) is 5.91 Å². The van der Waals surface area contributed by atoms with Gasteiger partial charge in [0.2, 0.25) is 0 Å². The van der Waals surface area contributed by atoms with E-state index < -0.39 is 0 Å². The number of rotatable bonds is 2. The van der Waals surface area contributed by atoms with Gasteiger partial charge < -0.3 is 9.64 Å². The Morgan fingerprint density at radius 2 is 2.21 bits per heavy atom. The van der Waals surface area contributed by atoms with E-state index in [-0.39, 0.29) is 11.3 Å². The van der Waals surface area contributed by atoms with Crippen LogP contribution in [0.4, 0.5) is 0 Å². The molecule has 0 unspecified atom stereocenters. The molecule has 0 atom stereocenters. The lowest BCUT2D eigenvalue weighted by molar-refractivity contribution is 0.0658. The maximum Gasteiger partial charge on any atom is 0.257 e. The number of piperidine rings is 1. The zero-order valence-corrected chi connectivity index (χ0v) is 11.2. The number of nitrogens with zero attached hydrogens (tertiary/aromatic N) is 3. The van der Waals surface area contributed by atoms with Crippen molar-refractivity contribution in [3.8, 4) is 11.8 Å². The average molecular weight is 259 g/mol. The average Bonchev–Trinajstić information content (AvgIpc) is 2.47. The standard InChI is InChI=1S/C14H17N3O2/c1-14(10-15)4-7-17(8-5-14)13(18)11-3-6-16-9-12(11)19-2/h3,6,9H,4-5,7-8H2,1-2H3. The fraction of sp³-hybridized carbons (Fsp3) is 0.500. The van der Waals surface area contributed by atoms with E-state index in [1.54, 1.807) is 17.2 Å². The summed E-state index contributed by atoms with van der Waals surface area (Å²) < 4.78 is 5.16. The highest BCUT2D eigenvalue weighted by Crippen LogP contribution is 2.31. The van der Waals surface area contributed by atoms with Gasteiger partial charge in [-0.1, -0.05) is 0 Å². The number of ether oxygens (including phenoxy) is 1. The largest absolute Gasteiger partial charge is 0.494 e. The molecule has 1 amide bonds. The van der Waals surface area contributed by atoms with Crippen LogP contribution in [0.3, 0.4) is 0 Å². The molecule has 1 aliphatic rings. The number of carbonyl (C=O) groups excluding carboxylic acids is 1. The Hall–Kier alpha value is -2.09. The number of aromatic nitrogens is 1. The Bertz CT molecular complexity index is 514. The van der Waals surface area contributed by atoms with E-state index in [2.05, 4.69) is 11.1 Å². The van der Waals surface area contributed by atoms with Crippen molar-refractivity contribution in [1.82, 2.24) is 9.88 Å². The number of likely N-dealkylation sites (tertiary alicyclic amines) is 1. The van der Waals surface area contributed by atoms with E-state index >= 15 is 0 Å². The lowest BCUT2D eigenvalue weighted by atomic mass is 9.82. The van der Waals surface area contributed by atoms with Gasteiger partial charge in [-0.15, -0.1) is 0 Å². The lowest BCUT2D eigenvalue weighted by Crippen LogP contribution is -2.41. The molecule has 1 aliphatic heterocycles. The van der Waals surface area contributed by atoms with Gasteiger partial charge in [-0.2, -0.15) is 5.26 Å². The molecule has 19 heavy (non-hydrogen) atoms. The minimum Gasteiger partial charge on any atom is -0.494 e. The molecule has 2 rings (SSSR count). The summed E-state index contributed by atoms with van der Waals surface area (Å²) in [7, 11) is 1.52. The molecule has 0 radical (unpaired) electrons. The van der Waals surface area contributed by atoms with E-state index in [9.17, 15) is 4.79 Å². The van der Waals surface area contributed by atoms with Crippen LogP contribution >= 0.6 is 0 Å². The van der Waals surface area contributed by atoms with E-state index in [0.717, 1.165) is 0 Å². The molecule has 1 fully saturated rings. The fourth-order valence-electron chi connectivity index (χ4n) is 2.20. The molecule has 0 aromatic carbocycles. The van der Waals surface area contributed by atoms with Gasteiger partial charge in [0, 0.05) is 19.3 Å². The summed E-state index contributed by atoms with van der Waals surface area (Å²) in [5.74, 6) is 0.431. The van der Waals surface area contributed by atoms with Gasteiger partial charge in [0.15, 0.2) is 0 Å². The van der Waals surface area contributed by atoms with Crippen molar-refractivity contribution in [3.63, 3.8) is 0 Å². The molecule has 1 saturated heterocycles. The van der Waals surface area contributed by atoms with Crippen molar-refractivity contribution in [1.29, 1.82) is 5.26 Å². The number of hydrogen-bond acceptors (Lipinski definition) is 4. The van der Waals surface area contributed by atoms with Crippen molar-refractivity contribution in [2.75, 3.05) is 20.2 Å². The Labute approximate surface area is 112 Å². The second-order valence-corrected chi connectivity index (χ2v) is 5.04. The number of methoxy groups -OCH3 is 1. The molecule has 2 heterocycles. The smallest absolute Gasteiger partial charge is 0.257 e. The quantitative estimate of drug-likeness (QED) is 0.813. The number of nitriles is 1. The minimum atomic E-state index is -0.306. The van der Waals surface area contributed by atoms with Gasteiger partial charge in [-0.3, -0.25) is 9.78 Å². The molecular weight excluding hydrogens is 242 g/mol. The Morgan fingerprint density at radius 3 is 2.79 bits per heavy atom. The molecular formula is C14H17N3O2. The van der Waals surface area contributed by atoms with Crippen LogP contribution in [-0.4, -0.2) is 36.0 Å². The molecule has 0 saturated carbocycles. The molecule has 0 spiro atoms. The summed E-state index contributed by atoms with van der Waals surface area (Å²) in [6.07, 6.45) is 4.54. The minimum absolute atomic E-state index is 0.0563. The maximum absolute atomic E-state index is 12.4. The second-order valence-electron chi connectivity index (χ2n) is 5.04. The Morgan fingerprint density at radius 1 is 1.53 bits per heavy atom. The first-order valence-electron chi connectivity index (χ1n) is 6.28. The molecule has 0 bridgehead atoms. The molecule has 5 nitrogen and oxygen atoms in total. The van der Waals surface area contributed by atoms with Crippen molar-refractivity contribution >= 4 is 5.91 Å². The van der Waals surface area contributed by atoms with Gasteiger partial charge >= 0.3 is 0 Å². The summed E-state index contributed by atoms with van der Waals surface area (Å²) in [4.78, 5) is 18.1. The van der Waals surface area contributed by atoms with Crippen molar-refractivity contribution in [2.45, 2.75) is 19.8 Å². The third-order valence-corrected chi connectivity index (χ3v) is 3.66. The number of carbonyl (C=O) groups is 1. The highest BCUT2D eigenvalue weighted by Gasteiger charge is 2.32. The van der Waals surface area contributed by atoms with Gasteiger partial charge in [-0.05, 0) is 25.8 Å². The molecule has 1 aromatic rings. The zero-order valence-electron chi connectivity index (χ0n) is 11.2. The Balaban J connectivity index is 2.12. The number of hydrogen-bond donors (Lipinski definition) is 0. The summed E-state index contributed by atoms with van der Waals surface area (Å²) in [5.41, 5.74) is 0.220. The first kappa shape index (κ1) is 13.3. The van der Waals surface area contributed by atoms with E-state index in [1.807, 2.05) is 6.92 Å². The topological polar surface area (TPSA) is 66.2 Å². The molecule has 100 valence electrons. The second kappa shape index (κ2) is 5.27. The van der Waals surface area contributed by atoms with Crippen molar-refractivity contribution in [2.24, 2.45) is 5.41 Å². The molecule has 1 aromatic heterocycles. The van der Waals surface area contributed by atoms with Crippen LogP contribution in [0.2, 0.25) is 0 Å². The van der Waals surface area contributed by atoms with E-state index in [0.29, 0.717) is 37.2 Å². The van der Waals surface area contributed by atoms with Gasteiger partial charge in [-0.25, -0.2) is 0 Å². The zero-order chi connectivity index (χ0) is 13.9. The normalized spacial score (nSPS) is 17.6. The molecule has 5 heteroatoms. The summed E-state index contributed by atoms with van der Waals surface area (Å²) in [6.45, 7) is 3.16. The lowest BCUT2D eigenvalue weighted by Gasteiger charge is -2.35. The highest BCUT2D eigenvalue weighted by atomic mass is 16.5. The summed E-state index contributed by atoms with van der Waals surface area (Å²) in [5, 5.41) is 9.09. The van der Waals surface area contributed by atoms with Crippen LogP contribution in [0, 0.1) is 16.7 Å². The van der Waals surface area contributed by atoms with Crippen molar-refractivity contribution < 1.29 is 9.53 Å². The maximum atomic E-state index is 12.4. The number of amides is 1. The fourth-order valence-corrected chi connectivity index (χ4v) is 2.20. The first-order chi connectivity index (χ1) is 9.09. The molecule has 0 N–H and O–H groups in total. The van der Waals surface area contributed by atoms with Crippen LogP contribution in [-0.2, 0) is 0 Å². The molecule has 0 aliphatic carbocycles. The van der Waals surface area contributed by atoms with Crippen LogP contribution < -0.4 is 4.74 Å².